The van der Waals surface area contributed by atoms with Crippen LogP contribution in [0, 0.1) is 17.8 Å². The summed E-state index contributed by atoms with van der Waals surface area (Å²) in [5.74, 6) is 2.34. The Balaban J connectivity index is 1.82. The number of nitrogens with one attached hydrogen (secondary N) is 1. The third kappa shape index (κ3) is 1.52. The van der Waals surface area contributed by atoms with Crippen LogP contribution in [0.5, 0.6) is 0 Å². The summed E-state index contributed by atoms with van der Waals surface area (Å²) >= 11 is 0. The average molecular weight is 203 g/mol. The normalized spacial score (nSPS) is 43.1. The molecule has 1 heterocycles. The van der Waals surface area contributed by atoms with Gasteiger partial charge < -0.3 is 5.32 Å². The van der Waals surface area contributed by atoms with Crippen LogP contribution in [0.1, 0.15) is 25.7 Å². The number of carbonyl (C=O) groups is 1. The minimum atomic E-state index is 0.255. The van der Waals surface area contributed by atoms with E-state index in [0.717, 1.165) is 25.2 Å². The molecular weight excluding hydrogens is 186 g/mol. The molecule has 2 heteroatoms. The van der Waals surface area contributed by atoms with Gasteiger partial charge in [-0.15, -0.1) is 0 Å². The van der Waals surface area contributed by atoms with E-state index in [0.29, 0.717) is 17.9 Å². The van der Waals surface area contributed by atoms with Crippen molar-refractivity contribution in [1.82, 2.24) is 5.32 Å². The fourth-order valence-corrected chi connectivity index (χ4v) is 3.42. The van der Waals surface area contributed by atoms with Crippen molar-refractivity contribution in [3.8, 4) is 0 Å². The van der Waals surface area contributed by atoms with Gasteiger partial charge in [0.1, 0.15) is 0 Å². The van der Waals surface area contributed by atoms with Gasteiger partial charge in [0.15, 0.2) is 0 Å². The van der Waals surface area contributed by atoms with Crippen LogP contribution in [0.15, 0.2) is 24.3 Å². The van der Waals surface area contributed by atoms with Crippen molar-refractivity contribution in [3.63, 3.8) is 0 Å². The Morgan fingerprint density at radius 1 is 1.13 bits per heavy atom. The zero-order valence-electron chi connectivity index (χ0n) is 8.86. The van der Waals surface area contributed by atoms with Crippen molar-refractivity contribution in [2.75, 3.05) is 0 Å². The van der Waals surface area contributed by atoms with Gasteiger partial charge in [0.05, 0.1) is 0 Å². The first-order valence-corrected chi connectivity index (χ1v) is 5.99. The molecule has 3 rings (SSSR count). The summed E-state index contributed by atoms with van der Waals surface area (Å²) < 4.78 is 0. The van der Waals surface area contributed by atoms with Crippen molar-refractivity contribution >= 4 is 5.91 Å². The maximum Gasteiger partial charge on any atom is 0.220 e. The molecular formula is C13H17NO. The third-order valence-electron chi connectivity index (χ3n) is 4.17. The zero-order chi connectivity index (χ0) is 10.3. The van der Waals surface area contributed by atoms with Crippen LogP contribution < -0.4 is 5.32 Å². The fourth-order valence-electron chi connectivity index (χ4n) is 3.42. The molecule has 15 heavy (non-hydrogen) atoms. The molecule has 0 aromatic rings. The van der Waals surface area contributed by atoms with Gasteiger partial charge in [-0.2, -0.15) is 0 Å². The van der Waals surface area contributed by atoms with Gasteiger partial charge in [-0.1, -0.05) is 24.3 Å². The minimum Gasteiger partial charge on any atom is -0.353 e. The van der Waals surface area contributed by atoms with E-state index in [1.807, 2.05) is 0 Å². The first-order valence-electron chi connectivity index (χ1n) is 5.99. The molecule has 2 fully saturated rings. The van der Waals surface area contributed by atoms with Crippen LogP contribution in [-0.4, -0.2) is 11.9 Å². The number of amides is 1. The molecule has 2 aliphatic carbocycles. The van der Waals surface area contributed by atoms with Crippen molar-refractivity contribution in [1.29, 1.82) is 0 Å². The monoisotopic (exact) mass is 203 g/mol. The first kappa shape index (κ1) is 9.20. The summed E-state index contributed by atoms with van der Waals surface area (Å²) in [6, 6.07) is 0.448. The van der Waals surface area contributed by atoms with E-state index in [4.69, 9.17) is 0 Å². The molecule has 0 bridgehead atoms. The summed E-state index contributed by atoms with van der Waals surface area (Å²) in [6.45, 7) is 0. The lowest BCUT2D eigenvalue weighted by Crippen LogP contribution is -2.51. The lowest BCUT2D eigenvalue weighted by atomic mass is 9.65. The van der Waals surface area contributed by atoms with Crippen LogP contribution in [0.25, 0.3) is 0 Å². The summed E-state index contributed by atoms with van der Waals surface area (Å²) in [7, 11) is 0. The highest BCUT2D eigenvalue weighted by Crippen LogP contribution is 2.42. The van der Waals surface area contributed by atoms with Crippen molar-refractivity contribution in [3.05, 3.63) is 24.3 Å². The number of carbonyl (C=O) groups excluding carboxylic acids is 1. The van der Waals surface area contributed by atoms with Crippen LogP contribution in [-0.2, 0) is 4.79 Å². The summed E-state index contributed by atoms with van der Waals surface area (Å²) in [5, 5.41) is 3.15. The molecule has 1 saturated carbocycles. The number of hydrogen-bond donors (Lipinski definition) is 1. The SMILES string of the molecule is O=C1CCC2C(CCC3C=CC=CC32)N1. The third-order valence-corrected chi connectivity index (χ3v) is 4.17. The van der Waals surface area contributed by atoms with Gasteiger partial charge in [0.25, 0.3) is 0 Å². The molecule has 0 aromatic carbocycles. The Labute approximate surface area is 90.4 Å². The van der Waals surface area contributed by atoms with E-state index in [9.17, 15) is 4.79 Å². The predicted octanol–water partition coefficient (Wildman–Crippen LogP) is 2.03. The number of piperidine rings is 1. The Kier molecular flexibility index (Phi) is 2.15. The van der Waals surface area contributed by atoms with Crippen LogP contribution in [0.2, 0.25) is 0 Å². The molecule has 1 aliphatic heterocycles. The molecule has 2 nitrogen and oxygen atoms in total. The van der Waals surface area contributed by atoms with Gasteiger partial charge in [-0.3, -0.25) is 4.79 Å². The molecule has 1 amide bonds. The topological polar surface area (TPSA) is 29.1 Å². The van der Waals surface area contributed by atoms with Gasteiger partial charge in [0, 0.05) is 12.5 Å². The predicted molar refractivity (Wildman–Crippen MR) is 59.1 cm³/mol. The Morgan fingerprint density at radius 3 is 2.93 bits per heavy atom. The molecule has 1 N–H and O–H groups in total. The molecule has 0 radical (unpaired) electrons. The van der Waals surface area contributed by atoms with Crippen molar-refractivity contribution < 1.29 is 4.79 Å². The summed E-state index contributed by atoms with van der Waals surface area (Å²) in [4.78, 5) is 11.3. The van der Waals surface area contributed by atoms with Crippen molar-refractivity contribution in [2.24, 2.45) is 17.8 Å². The van der Waals surface area contributed by atoms with E-state index in [1.165, 1.54) is 6.42 Å². The van der Waals surface area contributed by atoms with Gasteiger partial charge in [0.2, 0.25) is 5.91 Å². The van der Waals surface area contributed by atoms with E-state index in [1.54, 1.807) is 0 Å². The van der Waals surface area contributed by atoms with Crippen LogP contribution >= 0.6 is 0 Å². The number of allylic oxidation sites excluding steroid dienone is 4. The van der Waals surface area contributed by atoms with E-state index < -0.39 is 0 Å². The van der Waals surface area contributed by atoms with Crippen LogP contribution in [0.3, 0.4) is 0 Å². The summed E-state index contributed by atoms with van der Waals surface area (Å²) in [6.07, 6.45) is 13.2. The molecule has 4 atom stereocenters. The van der Waals surface area contributed by atoms with Crippen LogP contribution in [0.4, 0.5) is 0 Å². The second-order valence-corrected chi connectivity index (χ2v) is 4.96. The molecule has 3 aliphatic rings. The number of rotatable bonds is 0. The van der Waals surface area contributed by atoms with Gasteiger partial charge >= 0.3 is 0 Å². The molecule has 0 aromatic heterocycles. The second kappa shape index (κ2) is 3.51. The van der Waals surface area contributed by atoms with Gasteiger partial charge in [-0.05, 0) is 37.0 Å². The van der Waals surface area contributed by atoms with Gasteiger partial charge in [-0.25, -0.2) is 0 Å². The highest BCUT2D eigenvalue weighted by molar-refractivity contribution is 5.77. The van der Waals surface area contributed by atoms with E-state index >= 15 is 0 Å². The molecule has 80 valence electrons. The Morgan fingerprint density at radius 2 is 2.00 bits per heavy atom. The molecule has 4 unspecified atom stereocenters. The number of hydrogen-bond acceptors (Lipinski definition) is 1. The van der Waals surface area contributed by atoms with E-state index in [2.05, 4.69) is 29.6 Å². The maximum atomic E-state index is 11.3. The molecule has 0 spiro atoms. The van der Waals surface area contributed by atoms with E-state index in [-0.39, 0.29) is 5.91 Å². The summed E-state index contributed by atoms with van der Waals surface area (Å²) in [5.41, 5.74) is 0. The highest BCUT2D eigenvalue weighted by atomic mass is 16.1. The largest absolute Gasteiger partial charge is 0.353 e. The average Bonchev–Trinajstić information content (AvgIpc) is 2.28. The fraction of sp³-hybridized carbons (Fsp3) is 0.615. The highest BCUT2D eigenvalue weighted by Gasteiger charge is 2.40. The quantitative estimate of drug-likeness (QED) is 0.641. The Hall–Kier alpha value is -1.05. The lowest BCUT2D eigenvalue weighted by Gasteiger charge is -2.44. The molecule has 1 saturated heterocycles. The smallest absolute Gasteiger partial charge is 0.220 e. The first-order chi connectivity index (χ1) is 7.34. The standard InChI is InChI=1S/C13H17NO/c15-13-8-6-11-10-4-2-1-3-9(10)5-7-12(11)14-13/h1-4,9-12H,5-8H2,(H,14,15). The number of fused-ring (bicyclic) bond motifs is 3. The second-order valence-electron chi connectivity index (χ2n) is 4.96. The van der Waals surface area contributed by atoms with Crippen molar-refractivity contribution in [2.45, 2.75) is 31.7 Å². The Bertz CT molecular complexity index is 331. The lowest BCUT2D eigenvalue weighted by molar-refractivity contribution is -0.125. The zero-order valence-corrected chi connectivity index (χ0v) is 8.86. The maximum absolute atomic E-state index is 11.3. The minimum absolute atomic E-state index is 0.255.